The second-order valence-corrected chi connectivity index (χ2v) is 6.22. The number of hydrogen-bond donors (Lipinski definition) is 1. The summed E-state index contributed by atoms with van der Waals surface area (Å²) in [7, 11) is 0. The van der Waals surface area contributed by atoms with Crippen molar-refractivity contribution in [3.63, 3.8) is 0 Å². The van der Waals surface area contributed by atoms with Crippen molar-refractivity contribution in [1.29, 1.82) is 0 Å². The summed E-state index contributed by atoms with van der Waals surface area (Å²) < 4.78 is 5.58. The lowest BCUT2D eigenvalue weighted by molar-refractivity contribution is -0.130. The van der Waals surface area contributed by atoms with Gasteiger partial charge in [0.15, 0.2) is 0 Å². The molecule has 5 nitrogen and oxygen atoms in total. The summed E-state index contributed by atoms with van der Waals surface area (Å²) in [6.45, 7) is 7.10. The predicted octanol–water partition coefficient (Wildman–Crippen LogP) is 2.53. The molecule has 1 fully saturated rings. The fraction of sp³-hybridized carbons (Fsp3) is 0.579. The topological polar surface area (TPSA) is 58.6 Å². The predicted molar refractivity (Wildman–Crippen MR) is 95.0 cm³/mol. The van der Waals surface area contributed by atoms with Crippen LogP contribution in [0.3, 0.4) is 0 Å². The lowest BCUT2D eigenvalue weighted by atomic mass is 10.0. The van der Waals surface area contributed by atoms with Gasteiger partial charge in [-0.2, -0.15) is 0 Å². The monoisotopic (exact) mass is 332 g/mol. The number of benzene rings is 1. The molecular formula is C19H28N2O3. The molecule has 0 spiro atoms. The van der Waals surface area contributed by atoms with Crippen LogP contribution in [0.5, 0.6) is 0 Å². The maximum Gasteiger partial charge on any atom is 0.253 e. The van der Waals surface area contributed by atoms with Crippen LogP contribution >= 0.6 is 0 Å². The maximum atomic E-state index is 12.1. The molecule has 0 aromatic heterocycles. The number of anilines is 1. The van der Waals surface area contributed by atoms with Crippen LogP contribution in [0.1, 0.15) is 39.2 Å². The minimum absolute atomic E-state index is 0.0400. The maximum absolute atomic E-state index is 12.1. The van der Waals surface area contributed by atoms with Gasteiger partial charge < -0.3 is 15.0 Å². The summed E-state index contributed by atoms with van der Waals surface area (Å²) in [6.07, 6.45) is 2.47. The van der Waals surface area contributed by atoms with Crippen molar-refractivity contribution in [2.45, 2.75) is 46.1 Å². The van der Waals surface area contributed by atoms with Crippen molar-refractivity contribution in [1.82, 2.24) is 5.32 Å². The molecule has 1 atom stereocenters. The van der Waals surface area contributed by atoms with Gasteiger partial charge in [-0.25, -0.2) is 0 Å². The highest BCUT2D eigenvalue weighted by atomic mass is 16.5. The van der Waals surface area contributed by atoms with E-state index >= 15 is 0 Å². The van der Waals surface area contributed by atoms with E-state index in [1.54, 1.807) is 4.90 Å². The largest absolute Gasteiger partial charge is 0.365 e. The highest BCUT2D eigenvalue weighted by molar-refractivity contribution is 5.95. The Balaban J connectivity index is 1.94. The van der Waals surface area contributed by atoms with Gasteiger partial charge in [-0.3, -0.25) is 9.59 Å². The van der Waals surface area contributed by atoms with E-state index in [-0.39, 0.29) is 30.4 Å². The molecule has 0 saturated carbocycles. The Hall–Kier alpha value is -1.88. The summed E-state index contributed by atoms with van der Waals surface area (Å²) in [4.78, 5) is 26.0. The quantitative estimate of drug-likeness (QED) is 0.835. The number of carbonyl (C=O) groups is 2. The summed E-state index contributed by atoms with van der Waals surface area (Å²) in [5.74, 6) is 0.0779. The number of ether oxygens (including phenoxy) is 1. The first kappa shape index (κ1) is 18.5. The normalized spacial score (nSPS) is 18.1. The summed E-state index contributed by atoms with van der Waals surface area (Å²) in [5.41, 5.74) is 2.13. The van der Waals surface area contributed by atoms with Crippen molar-refractivity contribution in [2.75, 3.05) is 24.6 Å². The first-order chi connectivity index (χ1) is 11.6. The van der Waals surface area contributed by atoms with Gasteiger partial charge >= 0.3 is 0 Å². The summed E-state index contributed by atoms with van der Waals surface area (Å²) in [5, 5.41) is 2.96. The highest BCUT2D eigenvalue weighted by Gasteiger charge is 2.28. The highest BCUT2D eigenvalue weighted by Crippen LogP contribution is 2.19. The second kappa shape index (κ2) is 8.83. The molecule has 0 bridgehead atoms. The number of rotatable bonds is 7. The Bertz CT molecular complexity index is 552. The average Bonchev–Trinajstić information content (AvgIpc) is 2.62. The Kier molecular flexibility index (Phi) is 6.79. The zero-order valence-corrected chi connectivity index (χ0v) is 14.9. The number of amides is 2. The van der Waals surface area contributed by atoms with Crippen molar-refractivity contribution in [2.24, 2.45) is 5.92 Å². The van der Waals surface area contributed by atoms with Gasteiger partial charge in [0.05, 0.1) is 12.6 Å². The number of carbonyl (C=O) groups excluding carboxylic acids is 2. The van der Waals surface area contributed by atoms with E-state index < -0.39 is 0 Å². The molecule has 1 aliphatic rings. The van der Waals surface area contributed by atoms with E-state index in [0.717, 1.165) is 24.9 Å². The van der Waals surface area contributed by atoms with Crippen LogP contribution in [0.2, 0.25) is 0 Å². The number of morpholine rings is 1. The number of aryl methyl sites for hydroxylation is 1. The van der Waals surface area contributed by atoms with Crippen LogP contribution < -0.4 is 10.2 Å². The van der Waals surface area contributed by atoms with E-state index in [0.29, 0.717) is 13.1 Å². The molecule has 2 rings (SSSR count). The lowest BCUT2D eigenvalue weighted by Gasteiger charge is -2.33. The molecule has 0 aliphatic carbocycles. The van der Waals surface area contributed by atoms with E-state index in [9.17, 15) is 9.59 Å². The third-order valence-electron chi connectivity index (χ3n) is 4.65. The fourth-order valence-electron chi connectivity index (χ4n) is 2.93. The van der Waals surface area contributed by atoms with Crippen LogP contribution in [-0.2, 0) is 20.7 Å². The van der Waals surface area contributed by atoms with E-state index in [1.165, 1.54) is 5.56 Å². The third-order valence-corrected chi connectivity index (χ3v) is 4.65. The lowest BCUT2D eigenvalue weighted by Crippen LogP contribution is -2.51. The van der Waals surface area contributed by atoms with Crippen LogP contribution in [0.4, 0.5) is 5.69 Å². The van der Waals surface area contributed by atoms with Crippen molar-refractivity contribution < 1.29 is 14.3 Å². The zero-order chi connectivity index (χ0) is 17.5. The van der Waals surface area contributed by atoms with Crippen LogP contribution in [0.15, 0.2) is 24.3 Å². The molecular weight excluding hydrogens is 304 g/mol. The van der Waals surface area contributed by atoms with Gasteiger partial charge in [-0.1, -0.05) is 32.9 Å². The van der Waals surface area contributed by atoms with Crippen molar-refractivity contribution in [3.8, 4) is 0 Å². The fourth-order valence-corrected chi connectivity index (χ4v) is 2.93. The molecule has 1 heterocycles. The molecule has 1 aromatic rings. The zero-order valence-electron chi connectivity index (χ0n) is 14.9. The molecule has 1 unspecified atom stereocenters. The molecule has 2 amide bonds. The van der Waals surface area contributed by atoms with Crippen molar-refractivity contribution in [3.05, 3.63) is 29.8 Å². The minimum Gasteiger partial charge on any atom is -0.365 e. The summed E-state index contributed by atoms with van der Waals surface area (Å²) >= 11 is 0. The molecule has 1 aliphatic heterocycles. The van der Waals surface area contributed by atoms with E-state index in [1.807, 2.05) is 38.1 Å². The minimum atomic E-state index is -0.174. The number of nitrogens with one attached hydrogen (secondary N) is 1. The van der Waals surface area contributed by atoms with E-state index in [4.69, 9.17) is 4.74 Å². The molecule has 1 aromatic carbocycles. The summed E-state index contributed by atoms with van der Waals surface area (Å²) in [6, 6.07) is 8.04. The van der Waals surface area contributed by atoms with Crippen LogP contribution in [0, 0.1) is 5.92 Å². The molecule has 1 N–H and O–H groups in total. The Morgan fingerprint density at radius 3 is 2.50 bits per heavy atom. The van der Waals surface area contributed by atoms with Gasteiger partial charge in [-0.05, 0) is 37.0 Å². The Labute approximate surface area is 144 Å². The molecule has 5 heteroatoms. The van der Waals surface area contributed by atoms with E-state index in [2.05, 4.69) is 12.2 Å². The smallest absolute Gasteiger partial charge is 0.253 e. The number of hydrogen-bond acceptors (Lipinski definition) is 3. The van der Waals surface area contributed by atoms with Gasteiger partial charge in [0, 0.05) is 18.2 Å². The first-order valence-electron chi connectivity index (χ1n) is 8.87. The van der Waals surface area contributed by atoms with Gasteiger partial charge in [0.2, 0.25) is 5.91 Å². The van der Waals surface area contributed by atoms with Gasteiger partial charge in [-0.15, -0.1) is 0 Å². The first-order valence-corrected chi connectivity index (χ1v) is 8.87. The molecule has 24 heavy (non-hydrogen) atoms. The molecule has 0 radical (unpaired) electrons. The van der Waals surface area contributed by atoms with Gasteiger partial charge in [0.25, 0.3) is 5.91 Å². The third kappa shape index (κ3) is 4.57. The van der Waals surface area contributed by atoms with Gasteiger partial charge in [0.1, 0.15) is 6.61 Å². The second-order valence-electron chi connectivity index (χ2n) is 6.22. The standard InChI is InChI=1S/C19H28N2O3/c1-4-14-7-9-16(10-8-14)21-12-17(24-13-18(21)22)11-20-19(23)15(5-2)6-3/h7-10,15,17H,4-6,11-13H2,1-3H3,(H,20,23). The molecule has 1 saturated heterocycles. The van der Waals surface area contributed by atoms with Crippen LogP contribution in [0.25, 0.3) is 0 Å². The Morgan fingerprint density at radius 1 is 1.25 bits per heavy atom. The van der Waals surface area contributed by atoms with Crippen LogP contribution in [-0.4, -0.2) is 37.6 Å². The Morgan fingerprint density at radius 2 is 1.92 bits per heavy atom. The average molecular weight is 332 g/mol. The number of nitrogens with zero attached hydrogens (tertiary/aromatic N) is 1. The SMILES string of the molecule is CCc1ccc(N2CC(CNC(=O)C(CC)CC)OCC2=O)cc1. The molecule has 132 valence electrons. The van der Waals surface area contributed by atoms with Crippen molar-refractivity contribution >= 4 is 17.5 Å².